The van der Waals surface area contributed by atoms with Gasteiger partial charge in [-0.25, -0.2) is 4.79 Å². The second-order valence-electron chi connectivity index (χ2n) is 5.76. The number of benzene rings is 2. The second-order valence-corrected chi connectivity index (χ2v) is 6.17. The minimum absolute atomic E-state index is 0.248. The number of methoxy groups -OCH3 is 1. The molecule has 2 aromatic rings. The third-order valence-corrected chi connectivity index (χ3v) is 4.02. The second kappa shape index (κ2) is 11.8. The summed E-state index contributed by atoms with van der Waals surface area (Å²) in [4.78, 5) is 11.5. The van der Waals surface area contributed by atoms with E-state index in [1.54, 1.807) is 32.4 Å². The van der Waals surface area contributed by atoms with E-state index in [1.807, 2.05) is 31.2 Å². The molecule has 0 bridgehead atoms. The number of carbonyl (C=O) groups is 1. The molecular weight excluding hydrogens is 396 g/mol. The lowest BCUT2D eigenvalue weighted by atomic mass is 10.2. The number of carbonyl (C=O) groups excluding carboxylic acids is 1. The molecule has 0 heterocycles. The van der Waals surface area contributed by atoms with Crippen LogP contribution < -0.4 is 19.6 Å². The van der Waals surface area contributed by atoms with Gasteiger partial charge >= 0.3 is 5.97 Å². The third kappa shape index (κ3) is 6.87. The molecule has 0 amide bonds. The summed E-state index contributed by atoms with van der Waals surface area (Å²) in [5, 5.41) is 4.53. The van der Waals surface area contributed by atoms with E-state index in [0.29, 0.717) is 29.7 Å². The van der Waals surface area contributed by atoms with E-state index in [1.165, 1.54) is 0 Å². The average molecular weight is 421 g/mol. The number of hydrogen-bond acceptors (Lipinski definition) is 7. The predicted molar refractivity (Wildman–Crippen MR) is 112 cm³/mol. The summed E-state index contributed by atoms with van der Waals surface area (Å²) >= 11 is 6.32. The topological polar surface area (TPSA) is 78.4 Å². The molecule has 0 aromatic heterocycles. The normalized spacial score (nSPS) is 10.6. The number of esters is 1. The molecular formula is C21H25ClN2O5. The van der Waals surface area contributed by atoms with E-state index in [4.69, 9.17) is 30.5 Å². The molecule has 1 N–H and O–H groups in total. The third-order valence-electron chi connectivity index (χ3n) is 3.74. The Labute approximate surface area is 175 Å². The van der Waals surface area contributed by atoms with Crippen molar-refractivity contribution >= 4 is 23.8 Å². The van der Waals surface area contributed by atoms with E-state index in [-0.39, 0.29) is 13.2 Å². The van der Waals surface area contributed by atoms with Gasteiger partial charge in [0.2, 0.25) is 0 Å². The first-order chi connectivity index (χ1) is 14.1. The molecule has 0 saturated carbocycles. The number of hydrazone groups is 1. The fraction of sp³-hybridized carbons (Fsp3) is 0.333. The molecule has 0 atom stereocenters. The number of nitrogens with one attached hydrogen (secondary N) is 1. The highest BCUT2D eigenvalue weighted by molar-refractivity contribution is 6.32. The molecule has 2 aromatic carbocycles. The van der Waals surface area contributed by atoms with E-state index in [0.717, 1.165) is 16.9 Å². The standard InChI is InChI=1S/C21H25ClN2O5/c1-4-27-19-11-15(10-17(22)21(19)29-14-20(25)28-5-2)12-23-24-13-16-8-6-7-9-18(16)26-3/h6-12,24H,4-5,13-14H2,1-3H3/b23-12-. The maximum absolute atomic E-state index is 11.5. The van der Waals surface area contributed by atoms with Gasteiger partial charge in [0.1, 0.15) is 5.75 Å². The van der Waals surface area contributed by atoms with Crippen LogP contribution in [-0.2, 0) is 16.1 Å². The van der Waals surface area contributed by atoms with Crippen LogP contribution in [0.25, 0.3) is 0 Å². The van der Waals surface area contributed by atoms with E-state index in [2.05, 4.69) is 10.5 Å². The summed E-state index contributed by atoms with van der Waals surface area (Å²) < 4.78 is 21.3. The van der Waals surface area contributed by atoms with Crippen LogP contribution in [0.15, 0.2) is 41.5 Å². The molecule has 29 heavy (non-hydrogen) atoms. The van der Waals surface area contributed by atoms with Crippen LogP contribution in [0.3, 0.4) is 0 Å². The minimum atomic E-state index is -0.475. The Morgan fingerprint density at radius 3 is 2.66 bits per heavy atom. The Morgan fingerprint density at radius 2 is 1.93 bits per heavy atom. The molecule has 0 fully saturated rings. The zero-order valence-electron chi connectivity index (χ0n) is 16.7. The Kier molecular flexibility index (Phi) is 9.11. The quantitative estimate of drug-likeness (QED) is 0.338. The van der Waals surface area contributed by atoms with Gasteiger partial charge in [0.15, 0.2) is 18.1 Å². The zero-order valence-corrected chi connectivity index (χ0v) is 17.5. The average Bonchev–Trinajstić information content (AvgIpc) is 2.71. The summed E-state index contributed by atoms with van der Waals surface area (Å²) in [6.07, 6.45) is 1.62. The predicted octanol–water partition coefficient (Wildman–Crippen LogP) is 3.81. The molecule has 0 aliphatic rings. The van der Waals surface area contributed by atoms with Crippen molar-refractivity contribution in [2.75, 3.05) is 26.9 Å². The van der Waals surface area contributed by atoms with Crippen LogP contribution in [-0.4, -0.2) is 39.1 Å². The smallest absolute Gasteiger partial charge is 0.344 e. The molecule has 0 saturated heterocycles. The number of nitrogens with zero attached hydrogens (tertiary/aromatic N) is 1. The fourth-order valence-electron chi connectivity index (χ4n) is 2.50. The van der Waals surface area contributed by atoms with Crippen molar-refractivity contribution in [2.24, 2.45) is 5.10 Å². The maximum Gasteiger partial charge on any atom is 0.344 e. The lowest BCUT2D eigenvalue weighted by molar-refractivity contribution is -0.145. The molecule has 0 radical (unpaired) electrons. The highest BCUT2D eigenvalue weighted by Crippen LogP contribution is 2.36. The van der Waals surface area contributed by atoms with Crippen molar-refractivity contribution < 1.29 is 23.7 Å². The summed E-state index contributed by atoms with van der Waals surface area (Å²) in [5.74, 6) is 1.04. The van der Waals surface area contributed by atoms with E-state index in [9.17, 15) is 4.79 Å². The Hall–Kier alpha value is -2.93. The molecule has 2 rings (SSSR count). The van der Waals surface area contributed by atoms with Crippen LogP contribution in [0, 0.1) is 0 Å². The van der Waals surface area contributed by atoms with Crippen molar-refractivity contribution in [3.63, 3.8) is 0 Å². The van der Waals surface area contributed by atoms with Gasteiger partial charge in [-0.05, 0) is 37.6 Å². The first kappa shape index (κ1) is 22.4. The van der Waals surface area contributed by atoms with E-state index < -0.39 is 5.97 Å². The Morgan fingerprint density at radius 1 is 1.14 bits per heavy atom. The SMILES string of the molecule is CCOC(=O)COc1c(Cl)cc(/C=N\NCc2ccccc2OC)cc1OCC. The zero-order chi connectivity index (χ0) is 21.1. The van der Waals surface area contributed by atoms with Crippen LogP contribution >= 0.6 is 11.6 Å². The van der Waals surface area contributed by atoms with E-state index >= 15 is 0 Å². The minimum Gasteiger partial charge on any atom is -0.496 e. The number of para-hydroxylation sites is 1. The van der Waals surface area contributed by atoms with Gasteiger partial charge in [0, 0.05) is 5.56 Å². The lowest BCUT2D eigenvalue weighted by Crippen LogP contribution is -2.15. The largest absolute Gasteiger partial charge is 0.496 e. The summed E-state index contributed by atoms with van der Waals surface area (Å²) in [6, 6.07) is 11.1. The number of rotatable bonds is 11. The molecule has 0 unspecified atom stereocenters. The lowest BCUT2D eigenvalue weighted by Gasteiger charge is -2.14. The van der Waals surface area contributed by atoms with Crippen molar-refractivity contribution in [1.82, 2.24) is 5.43 Å². The van der Waals surface area contributed by atoms with Gasteiger partial charge < -0.3 is 24.4 Å². The molecule has 0 spiro atoms. The summed E-state index contributed by atoms with van der Waals surface area (Å²) in [7, 11) is 1.63. The molecule has 0 aliphatic carbocycles. The van der Waals surface area contributed by atoms with Gasteiger partial charge in [-0.15, -0.1) is 0 Å². The highest BCUT2D eigenvalue weighted by Gasteiger charge is 2.14. The van der Waals surface area contributed by atoms with Gasteiger partial charge in [0.25, 0.3) is 0 Å². The molecule has 156 valence electrons. The molecule has 8 heteroatoms. The van der Waals surface area contributed by atoms with Crippen LogP contribution in [0.5, 0.6) is 17.2 Å². The number of hydrogen-bond donors (Lipinski definition) is 1. The number of ether oxygens (including phenoxy) is 4. The van der Waals surface area contributed by atoms with Gasteiger partial charge in [0.05, 0.1) is 38.1 Å². The first-order valence-corrected chi connectivity index (χ1v) is 9.59. The highest BCUT2D eigenvalue weighted by atomic mass is 35.5. The van der Waals surface area contributed by atoms with Crippen molar-refractivity contribution in [3.8, 4) is 17.2 Å². The summed E-state index contributed by atoms with van der Waals surface area (Å²) in [5.41, 5.74) is 4.68. The van der Waals surface area contributed by atoms with Gasteiger partial charge in [-0.3, -0.25) is 0 Å². The van der Waals surface area contributed by atoms with Crippen LogP contribution in [0.4, 0.5) is 0 Å². The van der Waals surface area contributed by atoms with Crippen molar-refractivity contribution in [3.05, 3.63) is 52.5 Å². The number of halogens is 1. The van der Waals surface area contributed by atoms with Crippen molar-refractivity contribution in [1.29, 1.82) is 0 Å². The van der Waals surface area contributed by atoms with Crippen LogP contribution in [0.1, 0.15) is 25.0 Å². The van der Waals surface area contributed by atoms with Gasteiger partial charge in [-0.2, -0.15) is 5.10 Å². The first-order valence-electron chi connectivity index (χ1n) is 9.21. The fourth-order valence-corrected chi connectivity index (χ4v) is 2.77. The van der Waals surface area contributed by atoms with Crippen molar-refractivity contribution in [2.45, 2.75) is 20.4 Å². The monoisotopic (exact) mass is 420 g/mol. The maximum atomic E-state index is 11.5. The Bertz CT molecular complexity index is 842. The molecule has 0 aliphatic heterocycles. The Balaban J connectivity index is 2.06. The summed E-state index contributed by atoms with van der Waals surface area (Å²) in [6.45, 7) is 4.53. The van der Waals surface area contributed by atoms with Crippen LogP contribution in [0.2, 0.25) is 5.02 Å². The van der Waals surface area contributed by atoms with Gasteiger partial charge in [-0.1, -0.05) is 29.8 Å². The molecule has 7 nitrogen and oxygen atoms in total.